The molecule has 2 aromatic carbocycles. The van der Waals surface area contributed by atoms with E-state index in [2.05, 4.69) is 70.5 Å². The molecule has 3 rings (SSSR count). The standard InChI is InChI=1S/C19H21BrO/c20-18-10-8-17(9-11-18)13-19(14-21-15-19)12-4-7-16-5-2-1-3-6-16/h1-3,5-6,8-11H,4,7,12-15H2. The Balaban J connectivity index is 1.55. The van der Waals surface area contributed by atoms with Gasteiger partial charge < -0.3 is 4.74 Å². The average Bonchev–Trinajstić information content (AvgIpc) is 2.48. The van der Waals surface area contributed by atoms with E-state index < -0.39 is 0 Å². The molecule has 1 nitrogen and oxygen atoms in total. The number of benzene rings is 2. The van der Waals surface area contributed by atoms with E-state index in [1.54, 1.807) is 0 Å². The Morgan fingerprint density at radius 2 is 1.62 bits per heavy atom. The van der Waals surface area contributed by atoms with Crippen LogP contribution in [0.4, 0.5) is 0 Å². The fourth-order valence-corrected chi connectivity index (χ4v) is 3.34. The molecule has 0 unspecified atom stereocenters. The number of ether oxygens (including phenoxy) is 1. The highest BCUT2D eigenvalue weighted by Crippen LogP contribution is 2.37. The zero-order valence-corrected chi connectivity index (χ0v) is 13.8. The van der Waals surface area contributed by atoms with E-state index in [1.807, 2.05) is 0 Å². The summed E-state index contributed by atoms with van der Waals surface area (Å²) in [6.07, 6.45) is 4.79. The van der Waals surface area contributed by atoms with Gasteiger partial charge in [-0.05, 0) is 48.9 Å². The zero-order chi connectivity index (χ0) is 14.5. The second kappa shape index (κ2) is 6.76. The van der Waals surface area contributed by atoms with E-state index in [4.69, 9.17) is 4.74 Å². The van der Waals surface area contributed by atoms with Gasteiger partial charge in [0.2, 0.25) is 0 Å². The smallest absolute Gasteiger partial charge is 0.0548 e. The molecule has 2 aromatic rings. The second-order valence-corrected chi connectivity index (χ2v) is 7.05. The van der Waals surface area contributed by atoms with Gasteiger partial charge in [0.25, 0.3) is 0 Å². The number of aryl methyl sites for hydroxylation is 1. The van der Waals surface area contributed by atoms with Crippen LogP contribution in [0.3, 0.4) is 0 Å². The van der Waals surface area contributed by atoms with Crippen LogP contribution < -0.4 is 0 Å². The lowest BCUT2D eigenvalue weighted by atomic mass is 9.75. The first kappa shape index (κ1) is 14.8. The SMILES string of the molecule is Brc1ccc(CC2(CCCc3ccccc3)COC2)cc1. The Hall–Kier alpha value is -1.12. The summed E-state index contributed by atoms with van der Waals surface area (Å²) in [4.78, 5) is 0. The summed E-state index contributed by atoms with van der Waals surface area (Å²) >= 11 is 3.50. The maximum atomic E-state index is 5.53. The molecular weight excluding hydrogens is 324 g/mol. The van der Waals surface area contributed by atoms with Gasteiger partial charge in [-0.3, -0.25) is 0 Å². The van der Waals surface area contributed by atoms with Crippen LogP contribution in [-0.4, -0.2) is 13.2 Å². The highest BCUT2D eigenvalue weighted by Gasteiger charge is 2.37. The molecule has 0 N–H and O–H groups in total. The van der Waals surface area contributed by atoms with Crippen molar-refractivity contribution in [3.8, 4) is 0 Å². The topological polar surface area (TPSA) is 9.23 Å². The van der Waals surface area contributed by atoms with Gasteiger partial charge >= 0.3 is 0 Å². The predicted molar refractivity (Wildman–Crippen MR) is 90.5 cm³/mol. The minimum Gasteiger partial charge on any atom is -0.380 e. The maximum absolute atomic E-state index is 5.53. The van der Waals surface area contributed by atoms with Crippen molar-refractivity contribution in [3.05, 3.63) is 70.2 Å². The van der Waals surface area contributed by atoms with Gasteiger partial charge in [0.15, 0.2) is 0 Å². The molecule has 1 fully saturated rings. The Kier molecular flexibility index (Phi) is 4.77. The van der Waals surface area contributed by atoms with E-state index in [0.29, 0.717) is 5.41 Å². The third kappa shape index (κ3) is 3.96. The number of rotatable bonds is 6. The van der Waals surface area contributed by atoms with Crippen molar-refractivity contribution in [2.24, 2.45) is 5.41 Å². The van der Waals surface area contributed by atoms with Crippen LogP contribution in [-0.2, 0) is 17.6 Å². The van der Waals surface area contributed by atoms with Crippen LogP contribution in [0.15, 0.2) is 59.1 Å². The lowest BCUT2D eigenvalue weighted by Crippen LogP contribution is -2.44. The summed E-state index contributed by atoms with van der Waals surface area (Å²) in [5.74, 6) is 0. The van der Waals surface area contributed by atoms with Crippen molar-refractivity contribution < 1.29 is 4.74 Å². The van der Waals surface area contributed by atoms with Crippen LogP contribution in [0.5, 0.6) is 0 Å². The molecule has 0 aliphatic carbocycles. The van der Waals surface area contributed by atoms with Gasteiger partial charge in [-0.15, -0.1) is 0 Å². The highest BCUT2D eigenvalue weighted by atomic mass is 79.9. The van der Waals surface area contributed by atoms with Crippen LogP contribution in [0.1, 0.15) is 24.0 Å². The van der Waals surface area contributed by atoms with Crippen molar-refractivity contribution >= 4 is 15.9 Å². The summed E-state index contributed by atoms with van der Waals surface area (Å²) in [5.41, 5.74) is 3.22. The molecule has 1 aliphatic heterocycles. The van der Waals surface area contributed by atoms with Crippen LogP contribution in [0, 0.1) is 5.41 Å². The van der Waals surface area contributed by atoms with Gasteiger partial charge in [0, 0.05) is 9.89 Å². The third-order valence-electron chi connectivity index (χ3n) is 4.32. The molecule has 0 radical (unpaired) electrons. The molecule has 1 heterocycles. The first-order chi connectivity index (χ1) is 10.3. The minimum atomic E-state index is 0.364. The van der Waals surface area contributed by atoms with Crippen molar-refractivity contribution in [2.75, 3.05) is 13.2 Å². The normalized spacial score (nSPS) is 16.4. The fraction of sp³-hybridized carbons (Fsp3) is 0.368. The van der Waals surface area contributed by atoms with E-state index in [0.717, 1.165) is 24.1 Å². The van der Waals surface area contributed by atoms with Crippen LogP contribution in [0.2, 0.25) is 0 Å². The molecule has 2 heteroatoms. The zero-order valence-electron chi connectivity index (χ0n) is 12.2. The molecule has 0 amide bonds. The monoisotopic (exact) mass is 344 g/mol. The van der Waals surface area contributed by atoms with Gasteiger partial charge in [-0.25, -0.2) is 0 Å². The van der Waals surface area contributed by atoms with Crippen molar-refractivity contribution in [1.29, 1.82) is 0 Å². The average molecular weight is 345 g/mol. The molecule has 110 valence electrons. The molecule has 1 saturated heterocycles. The predicted octanol–water partition coefficient (Wildman–Crippen LogP) is 5.03. The largest absolute Gasteiger partial charge is 0.380 e. The van der Waals surface area contributed by atoms with Gasteiger partial charge in [-0.1, -0.05) is 58.4 Å². The molecular formula is C19H21BrO. The second-order valence-electron chi connectivity index (χ2n) is 6.14. The van der Waals surface area contributed by atoms with E-state index in [1.165, 1.54) is 30.4 Å². The third-order valence-corrected chi connectivity index (χ3v) is 4.85. The summed E-state index contributed by atoms with van der Waals surface area (Å²) in [6.45, 7) is 1.83. The number of halogens is 1. The Bertz CT molecular complexity index is 558. The van der Waals surface area contributed by atoms with E-state index in [9.17, 15) is 0 Å². The van der Waals surface area contributed by atoms with Crippen LogP contribution in [0.25, 0.3) is 0 Å². The molecule has 0 bridgehead atoms. The molecule has 1 aliphatic rings. The molecule has 0 spiro atoms. The lowest BCUT2D eigenvalue weighted by Gasteiger charge is -2.42. The fourth-order valence-electron chi connectivity index (χ4n) is 3.07. The molecule has 21 heavy (non-hydrogen) atoms. The Morgan fingerprint density at radius 1 is 0.905 bits per heavy atom. The Morgan fingerprint density at radius 3 is 2.24 bits per heavy atom. The summed E-state index contributed by atoms with van der Waals surface area (Å²) in [5, 5.41) is 0. The van der Waals surface area contributed by atoms with Gasteiger partial charge in [0.1, 0.15) is 0 Å². The Labute approximate surface area is 135 Å². The van der Waals surface area contributed by atoms with E-state index >= 15 is 0 Å². The maximum Gasteiger partial charge on any atom is 0.0548 e. The quantitative estimate of drug-likeness (QED) is 0.713. The summed E-state index contributed by atoms with van der Waals surface area (Å²) < 4.78 is 6.68. The number of hydrogen-bond acceptors (Lipinski definition) is 1. The first-order valence-electron chi connectivity index (χ1n) is 7.62. The van der Waals surface area contributed by atoms with Crippen LogP contribution >= 0.6 is 15.9 Å². The lowest BCUT2D eigenvalue weighted by molar-refractivity contribution is -0.117. The van der Waals surface area contributed by atoms with Gasteiger partial charge in [0.05, 0.1) is 13.2 Å². The molecule has 0 aromatic heterocycles. The van der Waals surface area contributed by atoms with E-state index in [-0.39, 0.29) is 0 Å². The van der Waals surface area contributed by atoms with Crippen molar-refractivity contribution in [2.45, 2.75) is 25.7 Å². The highest BCUT2D eigenvalue weighted by molar-refractivity contribution is 9.10. The minimum absolute atomic E-state index is 0.364. The molecule has 0 saturated carbocycles. The summed E-state index contributed by atoms with van der Waals surface area (Å²) in [6, 6.07) is 19.5. The van der Waals surface area contributed by atoms with Crippen molar-refractivity contribution in [1.82, 2.24) is 0 Å². The van der Waals surface area contributed by atoms with Crippen molar-refractivity contribution in [3.63, 3.8) is 0 Å². The number of hydrogen-bond donors (Lipinski definition) is 0. The summed E-state index contributed by atoms with van der Waals surface area (Å²) in [7, 11) is 0. The first-order valence-corrected chi connectivity index (χ1v) is 8.41. The molecule has 0 atom stereocenters. The van der Waals surface area contributed by atoms with Gasteiger partial charge in [-0.2, -0.15) is 0 Å².